The van der Waals surface area contributed by atoms with Crippen molar-refractivity contribution in [3.05, 3.63) is 28.2 Å². The molecule has 2 saturated carbocycles. The zero-order chi connectivity index (χ0) is 14.8. The van der Waals surface area contributed by atoms with E-state index in [9.17, 15) is 4.79 Å². The monoisotopic (exact) mass is 326 g/mol. The molecule has 114 valence electrons. The fourth-order valence-corrected chi connectivity index (χ4v) is 4.29. The summed E-state index contributed by atoms with van der Waals surface area (Å²) < 4.78 is 0. The highest BCUT2D eigenvalue weighted by molar-refractivity contribution is 6.39. The number of rotatable bonds is 5. The molecular formula is C16H20Cl2N2O. The van der Waals surface area contributed by atoms with Gasteiger partial charge in [0.05, 0.1) is 22.3 Å². The van der Waals surface area contributed by atoms with Crippen LogP contribution in [0.5, 0.6) is 0 Å². The molecule has 2 fully saturated rings. The van der Waals surface area contributed by atoms with Crippen LogP contribution < -0.4 is 10.6 Å². The molecule has 2 N–H and O–H groups in total. The van der Waals surface area contributed by atoms with Gasteiger partial charge in [0.25, 0.3) is 0 Å². The molecule has 0 saturated heterocycles. The molecular weight excluding hydrogens is 307 g/mol. The molecule has 1 amide bonds. The Bertz CT molecular complexity index is 515. The SMILES string of the molecule is O=C(CNCC1CC2CCC1C2)Nc1c(Cl)cccc1Cl. The molecule has 21 heavy (non-hydrogen) atoms. The number of benzene rings is 1. The number of carbonyl (C=O) groups is 1. The fraction of sp³-hybridized carbons (Fsp3) is 0.562. The number of fused-ring (bicyclic) bond motifs is 2. The molecule has 3 atom stereocenters. The summed E-state index contributed by atoms with van der Waals surface area (Å²) in [5.41, 5.74) is 0.493. The molecule has 0 radical (unpaired) electrons. The van der Waals surface area contributed by atoms with Crippen LogP contribution in [-0.4, -0.2) is 19.0 Å². The van der Waals surface area contributed by atoms with E-state index >= 15 is 0 Å². The van der Waals surface area contributed by atoms with Gasteiger partial charge in [0.15, 0.2) is 0 Å². The molecule has 1 aromatic carbocycles. The van der Waals surface area contributed by atoms with Gasteiger partial charge in [-0.3, -0.25) is 4.79 Å². The van der Waals surface area contributed by atoms with Crippen molar-refractivity contribution in [3.8, 4) is 0 Å². The zero-order valence-electron chi connectivity index (χ0n) is 11.9. The summed E-state index contributed by atoms with van der Waals surface area (Å²) in [5.74, 6) is 2.47. The summed E-state index contributed by atoms with van der Waals surface area (Å²) in [7, 11) is 0. The van der Waals surface area contributed by atoms with Gasteiger partial charge in [-0.25, -0.2) is 0 Å². The summed E-state index contributed by atoms with van der Waals surface area (Å²) >= 11 is 12.1. The lowest BCUT2D eigenvalue weighted by Gasteiger charge is -2.21. The van der Waals surface area contributed by atoms with Crippen molar-refractivity contribution in [1.82, 2.24) is 5.32 Å². The van der Waals surface area contributed by atoms with Crippen LogP contribution in [0.2, 0.25) is 10.0 Å². The van der Waals surface area contributed by atoms with Crippen LogP contribution in [0.4, 0.5) is 5.69 Å². The highest BCUT2D eigenvalue weighted by Crippen LogP contribution is 2.47. The number of para-hydroxylation sites is 1. The summed E-state index contributed by atoms with van der Waals surface area (Å²) in [5, 5.41) is 6.97. The van der Waals surface area contributed by atoms with Gasteiger partial charge in [-0.05, 0) is 55.7 Å². The third-order valence-electron chi connectivity index (χ3n) is 4.80. The predicted molar refractivity (Wildman–Crippen MR) is 86.9 cm³/mol. The lowest BCUT2D eigenvalue weighted by molar-refractivity contribution is -0.115. The van der Waals surface area contributed by atoms with E-state index in [4.69, 9.17) is 23.2 Å². The van der Waals surface area contributed by atoms with Crippen molar-refractivity contribution in [3.63, 3.8) is 0 Å². The van der Waals surface area contributed by atoms with Crippen molar-refractivity contribution in [1.29, 1.82) is 0 Å². The van der Waals surface area contributed by atoms with Gasteiger partial charge in [0.1, 0.15) is 0 Å². The van der Waals surface area contributed by atoms with Crippen molar-refractivity contribution < 1.29 is 4.79 Å². The molecule has 2 bridgehead atoms. The summed E-state index contributed by atoms with van der Waals surface area (Å²) in [6.45, 7) is 1.24. The average molecular weight is 327 g/mol. The summed E-state index contributed by atoms with van der Waals surface area (Å²) in [4.78, 5) is 12.0. The van der Waals surface area contributed by atoms with Crippen LogP contribution in [0.3, 0.4) is 0 Å². The number of anilines is 1. The number of halogens is 2. The molecule has 1 aromatic rings. The van der Waals surface area contributed by atoms with Crippen molar-refractivity contribution >= 4 is 34.8 Å². The van der Waals surface area contributed by atoms with Crippen LogP contribution in [0, 0.1) is 17.8 Å². The molecule has 3 nitrogen and oxygen atoms in total. The van der Waals surface area contributed by atoms with Gasteiger partial charge < -0.3 is 10.6 Å². The molecule has 3 unspecified atom stereocenters. The van der Waals surface area contributed by atoms with E-state index in [1.54, 1.807) is 18.2 Å². The van der Waals surface area contributed by atoms with Gasteiger partial charge in [-0.15, -0.1) is 0 Å². The topological polar surface area (TPSA) is 41.1 Å². The van der Waals surface area contributed by atoms with Gasteiger partial charge in [-0.1, -0.05) is 35.7 Å². The first-order valence-corrected chi connectivity index (χ1v) is 8.33. The Morgan fingerprint density at radius 2 is 1.95 bits per heavy atom. The van der Waals surface area contributed by atoms with Crippen LogP contribution in [0.25, 0.3) is 0 Å². The van der Waals surface area contributed by atoms with Gasteiger partial charge in [-0.2, -0.15) is 0 Å². The molecule has 0 aliphatic heterocycles. The number of hydrogen-bond donors (Lipinski definition) is 2. The quantitative estimate of drug-likeness (QED) is 0.859. The molecule has 2 aliphatic rings. The highest BCUT2D eigenvalue weighted by Gasteiger charge is 2.38. The van der Waals surface area contributed by atoms with Gasteiger partial charge >= 0.3 is 0 Å². The number of carbonyl (C=O) groups excluding carboxylic acids is 1. The van der Waals surface area contributed by atoms with E-state index in [1.807, 2.05) is 0 Å². The lowest BCUT2D eigenvalue weighted by atomic mass is 9.89. The average Bonchev–Trinajstić information content (AvgIpc) is 3.05. The second-order valence-electron chi connectivity index (χ2n) is 6.21. The smallest absolute Gasteiger partial charge is 0.238 e. The Hall–Kier alpha value is -0.770. The van der Waals surface area contributed by atoms with E-state index in [1.165, 1.54) is 25.7 Å². The maximum absolute atomic E-state index is 12.0. The summed E-state index contributed by atoms with van der Waals surface area (Å²) in [6, 6.07) is 5.19. The third-order valence-corrected chi connectivity index (χ3v) is 5.43. The fourth-order valence-electron chi connectivity index (χ4n) is 3.80. The number of amides is 1. The minimum atomic E-state index is -0.104. The minimum absolute atomic E-state index is 0.104. The number of hydrogen-bond acceptors (Lipinski definition) is 2. The predicted octanol–water partition coefficient (Wildman–Crippen LogP) is 3.96. The first kappa shape index (κ1) is 15.1. The van der Waals surface area contributed by atoms with Crippen LogP contribution in [0.15, 0.2) is 18.2 Å². The maximum Gasteiger partial charge on any atom is 0.238 e. The van der Waals surface area contributed by atoms with E-state index in [0.717, 1.165) is 24.3 Å². The van der Waals surface area contributed by atoms with Crippen molar-refractivity contribution in [2.45, 2.75) is 25.7 Å². The van der Waals surface area contributed by atoms with Crippen molar-refractivity contribution in [2.24, 2.45) is 17.8 Å². The Balaban J connectivity index is 1.44. The van der Waals surface area contributed by atoms with Crippen LogP contribution in [-0.2, 0) is 4.79 Å². The maximum atomic E-state index is 12.0. The second kappa shape index (κ2) is 6.55. The Morgan fingerprint density at radius 1 is 1.19 bits per heavy atom. The zero-order valence-corrected chi connectivity index (χ0v) is 13.4. The van der Waals surface area contributed by atoms with Gasteiger partial charge in [0.2, 0.25) is 5.91 Å². The van der Waals surface area contributed by atoms with Crippen molar-refractivity contribution in [2.75, 3.05) is 18.4 Å². The Morgan fingerprint density at radius 3 is 2.57 bits per heavy atom. The normalized spacial score (nSPS) is 27.0. The molecule has 3 rings (SSSR count). The molecule has 2 aliphatic carbocycles. The van der Waals surface area contributed by atoms with E-state index in [2.05, 4.69) is 10.6 Å². The van der Waals surface area contributed by atoms with E-state index in [-0.39, 0.29) is 5.91 Å². The first-order chi connectivity index (χ1) is 10.1. The van der Waals surface area contributed by atoms with Crippen LogP contribution in [0.1, 0.15) is 25.7 Å². The van der Waals surface area contributed by atoms with E-state index < -0.39 is 0 Å². The molecule has 0 spiro atoms. The molecule has 0 aromatic heterocycles. The largest absolute Gasteiger partial charge is 0.322 e. The second-order valence-corrected chi connectivity index (χ2v) is 7.03. The highest BCUT2D eigenvalue weighted by atomic mass is 35.5. The minimum Gasteiger partial charge on any atom is -0.322 e. The Labute approximate surface area is 135 Å². The first-order valence-electron chi connectivity index (χ1n) is 7.58. The molecule has 5 heteroatoms. The summed E-state index contributed by atoms with van der Waals surface area (Å²) in [6.07, 6.45) is 5.51. The molecule has 0 heterocycles. The Kier molecular flexibility index (Phi) is 4.72. The third kappa shape index (κ3) is 3.53. The number of nitrogens with one attached hydrogen (secondary N) is 2. The standard InChI is InChI=1S/C16H20Cl2N2O/c17-13-2-1-3-14(18)16(13)20-15(21)9-19-8-12-7-10-4-5-11(12)6-10/h1-3,10-12,19H,4-9H2,(H,20,21). The lowest BCUT2D eigenvalue weighted by Crippen LogP contribution is -2.33. The van der Waals surface area contributed by atoms with E-state index in [0.29, 0.717) is 22.3 Å². The van der Waals surface area contributed by atoms with Gasteiger partial charge in [0, 0.05) is 0 Å². The van der Waals surface area contributed by atoms with Crippen LogP contribution >= 0.6 is 23.2 Å².